The van der Waals surface area contributed by atoms with E-state index in [1.54, 1.807) is 29.3 Å². The number of halogens is 1. The molecule has 1 saturated heterocycles. The predicted octanol–water partition coefficient (Wildman–Crippen LogP) is 2.46. The minimum absolute atomic E-state index is 0.0750. The zero-order valence-electron chi connectivity index (χ0n) is 12.2. The van der Waals surface area contributed by atoms with Gasteiger partial charge in [-0.1, -0.05) is 11.6 Å². The summed E-state index contributed by atoms with van der Waals surface area (Å²) in [6.07, 6.45) is 0.262. The number of carboxylic acid groups (broad SMARTS) is 1. The predicted molar refractivity (Wildman–Crippen MR) is 84.4 cm³/mol. The van der Waals surface area contributed by atoms with E-state index < -0.39 is 6.09 Å². The summed E-state index contributed by atoms with van der Waals surface area (Å²) in [6, 6.07) is 6.73. The molecule has 1 aliphatic heterocycles. The van der Waals surface area contributed by atoms with Crippen molar-refractivity contribution in [2.75, 3.05) is 13.1 Å². The van der Waals surface area contributed by atoms with Crippen molar-refractivity contribution in [3.8, 4) is 0 Å². The van der Waals surface area contributed by atoms with Crippen LogP contribution in [0.4, 0.5) is 4.79 Å². The third-order valence-corrected chi connectivity index (χ3v) is 4.02. The van der Waals surface area contributed by atoms with Gasteiger partial charge in [0.2, 0.25) is 0 Å². The molecule has 8 heteroatoms. The molecule has 1 aromatic carbocycles. The van der Waals surface area contributed by atoms with Gasteiger partial charge in [0.15, 0.2) is 5.76 Å². The molecule has 7 nitrogen and oxygen atoms in total. The minimum Gasteiger partial charge on any atom is -0.465 e. The highest BCUT2D eigenvalue weighted by molar-refractivity contribution is 6.31. The summed E-state index contributed by atoms with van der Waals surface area (Å²) in [7, 11) is 0. The lowest BCUT2D eigenvalue weighted by Crippen LogP contribution is -2.50. The van der Waals surface area contributed by atoms with Gasteiger partial charge in [0.25, 0.3) is 0 Å². The van der Waals surface area contributed by atoms with Gasteiger partial charge in [-0.3, -0.25) is 10.2 Å². The van der Waals surface area contributed by atoms with Crippen LogP contribution < -0.4 is 10.7 Å². The molecule has 0 radical (unpaired) electrons. The number of nitrogens with one attached hydrogen (secondary N) is 2. The quantitative estimate of drug-likeness (QED) is 0.799. The lowest BCUT2D eigenvalue weighted by atomic mass is 10.1. The number of carbonyl (C=O) groups is 2. The number of furan rings is 1. The number of hydrogen-bond donors (Lipinski definition) is 3. The Morgan fingerprint density at radius 1 is 1.26 bits per heavy atom. The first kappa shape index (κ1) is 15.6. The van der Waals surface area contributed by atoms with Crippen LogP contribution in [0.3, 0.4) is 0 Å². The average molecular weight is 338 g/mol. The number of amides is 2. The standard InChI is InChI=1S/C15H16ClN3O4/c16-10-1-2-12-9(7-10)8-13(23-12)14(20)18-19-5-3-11(4-6-19)17-15(21)22/h1-2,7-8,11,17H,3-6H2,(H,18,20)(H,21,22). The fourth-order valence-electron chi connectivity index (χ4n) is 2.64. The van der Waals surface area contributed by atoms with Crippen LogP contribution in [0.15, 0.2) is 28.7 Å². The molecular formula is C15H16ClN3O4. The SMILES string of the molecule is O=C(O)NC1CCN(NC(=O)c2cc3cc(Cl)ccc3o2)CC1. The molecule has 0 saturated carbocycles. The molecule has 23 heavy (non-hydrogen) atoms. The molecule has 3 N–H and O–H groups in total. The number of rotatable bonds is 3. The van der Waals surface area contributed by atoms with Crippen LogP contribution in [0.2, 0.25) is 5.02 Å². The summed E-state index contributed by atoms with van der Waals surface area (Å²) < 4.78 is 5.51. The summed E-state index contributed by atoms with van der Waals surface area (Å²) in [5.41, 5.74) is 3.38. The van der Waals surface area contributed by atoms with Gasteiger partial charge in [0.1, 0.15) is 5.58 Å². The van der Waals surface area contributed by atoms with Crippen LogP contribution in [0, 0.1) is 0 Å². The lowest BCUT2D eigenvalue weighted by molar-refractivity contribution is 0.0695. The van der Waals surface area contributed by atoms with Gasteiger partial charge in [-0.15, -0.1) is 0 Å². The molecule has 1 fully saturated rings. The van der Waals surface area contributed by atoms with E-state index in [1.807, 2.05) is 0 Å². The Bertz CT molecular complexity index is 737. The van der Waals surface area contributed by atoms with Gasteiger partial charge in [-0.25, -0.2) is 9.80 Å². The third-order valence-electron chi connectivity index (χ3n) is 3.78. The molecule has 0 bridgehead atoms. The summed E-state index contributed by atoms with van der Waals surface area (Å²) in [6.45, 7) is 1.14. The second kappa shape index (κ2) is 6.47. The molecule has 2 amide bonds. The summed E-state index contributed by atoms with van der Waals surface area (Å²) in [5, 5.41) is 14.3. The van der Waals surface area contributed by atoms with Crippen LogP contribution in [0.5, 0.6) is 0 Å². The maximum atomic E-state index is 12.2. The normalized spacial score (nSPS) is 16.4. The fourth-order valence-corrected chi connectivity index (χ4v) is 2.82. The number of hydrogen-bond acceptors (Lipinski definition) is 4. The van der Waals surface area contributed by atoms with E-state index in [2.05, 4.69) is 10.7 Å². The minimum atomic E-state index is -1.02. The molecule has 1 aliphatic rings. The maximum absolute atomic E-state index is 12.2. The Morgan fingerprint density at radius 2 is 2.00 bits per heavy atom. The molecule has 2 heterocycles. The number of hydrazine groups is 1. The Morgan fingerprint density at radius 3 is 2.70 bits per heavy atom. The summed E-state index contributed by atoms with van der Waals surface area (Å²) in [4.78, 5) is 22.8. The van der Waals surface area contributed by atoms with E-state index in [9.17, 15) is 9.59 Å². The first-order valence-electron chi connectivity index (χ1n) is 7.26. The van der Waals surface area contributed by atoms with Crippen molar-refractivity contribution in [1.29, 1.82) is 0 Å². The lowest BCUT2D eigenvalue weighted by Gasteiger charge is -2.31. The Balaban J connectivity index is 1.59. The Hall–Kier alpha value is -2.25. The molecule has 2 aromatic rings. The number of fused-ring (bicyclic) bond motifs is 1. The molecule has 122 valence electrons. The monoisotopic (exact) mass is 337 g/mol. The van der Waals surface area contributed by atoms with Crippen molar-refractivity contribution in [2.24, 2.45) is 0 Å². The summed E-state index contributed by atoms with van der Waals surface area (Å²) >= 11 is 5.91. The smallest absolute Gasteiger partial charge is 0.404 e. The van der Waals surface area contributed by atoms with Crippen molar-refractivity contribution < 1.29 is 19.1 Å². The molecular weight excluding hydrogens is 322 g/mol. The molecule has 0 aliphatic carbocycles. The second-order valence-corrected chi connectivity index (χ2v) is 5.88. The van der Waals surface area contributed by atoms with Crippen LogP contribution in [-0.4, -0.2) is 41.2 Å². The number of piperidine rings is 1. The number of benzene rings is 1. The highest BCUT2D eigenvalue weighted by Crippen LogP contribution is 2.23. The highest BCUT2D eigenvalue weighted by Gasteiger charge is 2.23. The molecule has 3 rings (SSSR count). The maximum Gasteiger partial charge on any atom is 0.404 e. The molecule has 0 atom stereocenters. The van der Waals surface area contributed by atoms with E-state index >= 15 is 0 Å². The Labute approximate surface area is 137 Å². The van der Waals surface area contributed by atoms with Gasteiger partial charge < -0.3 is 14.8 Å². The van der Waals surface area contributed by atoms with Crippen molar-refractivity contribution in [1.82, 2.24) is 15.8 Å². The van der Waals surface area contributed by atoms with Crippen molar-refractivity contribution in [3.63, 3.8) is 0 Å². The molecule has 0 unspecified atom stereocenters. The fraction of sp³-hybridized carbons (Fsp3) is 0.333. The highest BCUT2D eigenvalue weighted by atomic mass is 35.5. The first-order valence-corrected chi connectivity index (χ1v) is 7.63. The zero-order valence-corrected chi connectivity index (χ0v) is 13.0. The van der Waals surface area contributed by atoms with Crippen molar-refractivity contribution in [2.45, 2.75) is 18.9 Å². The largest absolute Gasteiger partial charge is 0.465 e. The zero-order chi connectivity index (χ0) is 16.4. The van der Waals surface area contributed by atoms with E-state index in [0.29, 0.717) is 36.5 Å². The van der Waals surface area contributed by atoms with Gasteiger partial charge in [0, 0.05) is 29.5 Å². The molecule has 1 aromatic heterocycles. The van der Waals surface area contributed by atoms with Gasteiger partial charge in [-0.2, -0.15) is 0 Å². The first-order chi connectivity index (χ1) is 11.0. The Kier molecular flexibility index (Phi) is 4.40. The van der Waals surface area contributed by atoms with E-state index in [4.69, 9.17) is 21.1 Å². The average Bonchev–Trinajstić information content (AvgIpc) is 2.92. The third kappa shape index (κ3) is 3.75. The van der Waals surface area contributed by atoms with Crippen LogP contribution in [0.1, 0.15) is 23.4 Å². The van der Waals surface area contributed by atoms with E-state index in [1.165, 1.54) is 0 Å². The van der Waals surface area contributed by atoms with Gasteiger partial charge in [-0.05, 0) is 37.1 Å². The van der Waals surface area contributed by atoms with E-state index in [0.717, 1.165) is 5.39 Å². The van der Waals surface area contributed by atoms with Crippen molar-refractivity contribution in [3.05, 3.63) is 35.0 Å². The van der Waals surface area contributed by atoms with Gasteiger partial charge >= 0.3 is 12.0 Å². The number of nitrogens with zero attached hydrogens (tertiary/aromatic N) is 1. The van der Waals surface area contributed by atoms with E-state index in [-0.39, 0.29) is 17.7 Å². The van der Waals surface area contributed by atoms with Crippen LogP contribution in [-0.2, 0) is 0 Å². The second-order valence-electron chi connectivity index (χ2n) is 5.44. The van der Waals surface area contributed by atoms with Gasteiger partial charge in [0.05, 0.1) is 0 Å². The van der Waals surface area contributed by atoms with Crippen molar-refractivity contribution >= 4 is 34.6 Å². The number of carbonyl (C=O) groups excluding carboxylic acids is 1. The topological polar surface area (TPSA) is 94.8 Å². The molecule has 0 spiro atoms. The summed E-state index contributed by atoms with van der Waals surface area (Å²) in [5.74, 6) is -0.116. The van der Waals surface area contributed by atoms with Crippen LogP contribution in [0.25, 0.3) is 11.0 Å². The van der Waals surface area contributed by atoms with Crippen LogP contribution >= 0.6 is 11.6 Å².